The summed E-state index contributed by atoms with van der Waals surface area (Å²) < 4.78 is 70.9. The van der Waals surface area contributed by atoms with E-state index in [1.54, 1.807) is 0 Å². The molecule has 160 valence electrons. The molecular formula is C18H13ClF5N3O3. The standard InChI is InChI=1S/C18H13ClF5N3O3/c19-14-10(20)2-1-8(15(14)22)9(4-13(28)12-6-26-18(29)27-12)7-3-11(21)16(25-5-7)30-17(23)24/h1-3,5,9,12,17H,4,6H2,(H2,26,27,29)/t9?,12-/m0/s1. The normalized spacial score (nSPS) is 16.9. The lowest BCUT2D eigenvalue weighted by atomic mass is 9.86. The molecule has 3 rings (SSSR count). The first-order valence-electron chi connectivity index (χ1n) is 8.48. The lowest BCUT2D eigenvalue weighted by Crippen LogP contribution is -2.35. The number of ether oxygens (including phenoxy) is 1. The minimum atomic E-state index is -3.32. The maximum Gasteiger partial charge on any atom is 0.388 e. The van der Waals surface area contributed by atoms with Gasteiger partial charge in [-0.1, -0.05) is 17.7 Å². The number of hydrogen-bond donors (Lipinski definition) is 2. The van der Waals surface area contributed by atoms with Crippen molar-refractivity contribution >= 4 is 23.4 Å². The Bertz CT molecular complexity index is 992. The van der Waals surface area contributed by atoms with Gasteiger partial charge >= 0.3 is 12.6 Å². The number of nitrogens with one attached hydrogen (secondary N) is 2. The molecule has 0 bridgehead atoms. The molecule has 0 spiro atoms. The molecule has 1 fully saturated rings. The molecule has 6 nitrogen and oxygen atoms in total. The first-order valence-corrected chi connectivity index (χ1v) is 8.86. The smallest absolute Gasteiger partial charge is 0.388 e. The van der Waals surface area contributed by atoms with Crippen LogP contribution in [0.5, 0.6) is 5.88 Å². The second kappa shape index (κ2) is 8.82. The van der Waals surface area contributed by atoms with Gasteiger partial charge in [0.1, 0.15) is 22.7 Å². The highest BCUT2D eigenvalue weighted by molar-refractivity contribution is 6.31. The van der Waals surface area contributed by atoms with Crippen LogP contribution in [0.4, 0.5) is 26.7 Å². The van der Waals surface area contributed by atoms with Crippen LogP contribution in [0.25, 0.3) is 0 Å². The third kappa shape index (κ3) is 4.61. The highest BCUT2D eigenvalue weighted by Gasteiger charge is 2.31. The molecule has 12 heteroatoms. The maximum absolute atomic E-state index is 14.6. The number of hydrogen-bond acceptors (Lipinski definition) is 4. The van der Waals surface area contributed by atoms with E-state index in [9.17, 15) is 31.5 Å². The van der Waals surface area contributed by atoms with Crippen molar-refractivity contribution in [3.05, 3.63) is 58.0 Å². The highest BCUT2D eigenvalue weighted by Crippen LogP contribution is 2.35. The Morgan fingerprint density at radius 3 is 2.60 bits per heavy atom. The zero-order valence-electron chi connectivity index (χ0n) is 14.9. The zero-order valence-corrected chi connectivity index (χ0v) is 15.7. The van der Waals surface area contributed by atoms with Gasteiger partial charge in [0.25, 0.3) is 5.88 Å². The van der Waals surface area contributed by atoms with Crippen LogP contribution in [0.2, 0.25) is 5.02 Å². The number of nitrogens with zero attached hydrogens (tertiary/aromatic N) is 1. The van der Waals surface area contributed by atoms with Crippen molar-refractivity contribution in [2.45, 2.75) is 25.0 Å². The fraction of sp³-hybridized carbons (Fsp3) is 0.278. The Labute approximate surface area is 171 Å². The first-order chi connectivity index (χ1) is 14.2. The molecule has 1 unspecified atom stereocenters. The molecule has 1 aliphatic heterocycles. The molecular weight excluding hydrogens is 437 g/mol. The summed E-state index contributed by atoms with van der Waals surface area (Å²) in [6, 6.07) is 1.17. The van der Waals surface area contributed by atoms with E-state index in [0.29, 0.717) is 0 Å². The average Bonchev–Trinajstić information content (AvgIpc) is 3.12. The van der Waals surface area contributed by atoms with E-state index >= 15 is 0 Å². The number of alkyl halides is 2. The molecule has 2 atom stereocenters. The Balaban J connectivity index is 1.99. The van der Waals surface area contributed by atoms with E-state index in [0.717, 1.165) is 24.4 Å². The Kier molecular flexibility index (Phi) is 6.40. The van der Waals surface area contributed by atoms with E-state index < -0.39 is 65.2 Å². The first kappa shape index (κ1) is 21.8. The SMILES string of the molecule is O=C1NC[C@@H](C(=O)CC(c2cnc(OC(F)F)c(F)c2)c2ccc(F)c(Cl)c2F)N1. The van der Waals surface area contributed by atoms with Crippen molar-refractivity contribution in [2.75, 3.05) is 6.54 Å². The Hall–Kier alpha value is -2.95. The van der Waals surface area contributed by atoms with Crippen LogP contribution in [0.15, 0.2) is 24.4 Å². The summed E-state index contributed by atoms with van der Waals surface area (Å²) in [5.41, 5.74) is -0.308. The monoisotopic (exact) mass is 449 g/mol. The van der Waals surface area contributed by atoms with E-state index in [-0.39, 0.29) is 17.7 Å². The number of ketones is 1. The molecule has 0 saturated carbocycles. The summed E-state index contributed by atoms with van der Waals surface area (Å²) in [6.07, 6.45) is 0.489. The number of benzene rings is 1. The number of halogens is 6. The van der Waals surface area contributed by atoms with E-state index in [4.69, 9.17) is 11.6 Å². The number of aromatic nitrogens is 1. The molecule has 2 heterocycles. The summed E-state index contributed by atoms with van der Waals surface area (Å²) in [7, 11) is 0. The molecule has 30 heavy (non-hydrogen) atoms. The molecule has 1 aromatic carbocycles. The van der Waals surface area contributed by atoms with Gasteiger partial charge in [0.05, 0.1) is 0 Å². The molecule has 0 radical (unpaired) electrons. The lowest BCUT2D eigenvalue weighted by molar-refractivity contribution is -0.120. The molecule has 1 aromatic heterocycles. The summed E-state index contributed by atoms with van der Waals surface area (Å²) in [5.74, 6) is -6.20. The number of Topliss-reactive ketones (excluding diaryl/α,β-unsaturated/α-hetero) is 1. The van der Waals surface area contributed by atoms with Crippen LogP contribution in [-0.4, -0.2) is 36.0 Å². The fourth-order valence-corrected chi connectivity index (χ4v) is 3.18. The number of carbonyl (C=O) groups excluding carboxylic acids is 2. The van der Waals surface area contributed by atoms with Gasteiger partial charge < -0.3 is 15.4 Å². The number of pyridine rings is 1. The van der Waals surface area contributed by atoms with Crippen molar-refractivity contribution in [3.8, 4) is 5.88 Å². The second-order valence-electron chi connectivity index (χ2n) is 6.33. The number of rotatable bonds is 7. The van der Waals surface area contributed by atoms with E-state index in [2.05, 4.69) is 20.4 Å². The minimum absolute atomic E-state index is 0.00911. The summed E-state index contributed by atoms with van der Waals surface area (Å²) >= 11 is 5.62. The summed E-state index contributed by atoms with van der Waals surface area (Å²) in [5, 5.41) is 3.93. The average molecular weight is 450 g/mol. The zero-order chi connectivity index (χ0) is 22.0. The minimum Gasteiger partial charge on any atom is -0.414 e. The Morgan fingerprint density at radius 1 is 1.27 bits per heavy atom. The van der Waals surface area contributed by atoms with Crippen LogP contribution in [-0.2, 0) is 4.79 Å². The van der Waals surface area contributed by atoms with E-state index in [1.807, 2.05) is 0 Å². The van der Waals surface area contributed by atoms with Gasteiger partial charge in [0, 0.05) is 25.1 Å². The summed E-state index contributed by atoms with van der Waals surface area (Å²) in [6.45, 7) is -3.33. The van der Waals surface area contributed by atoms with Crippen molar-refractivity contribution in [1.29, 1.82) is 0 Å². The molecule has 0 aliphatic carbocycles. The van der Waals surface area contributed by atoms with Gasteiger partial charge in [-0.2, -0.15) is 8.78 Å². The predicted octanol–water partition coefficient (Wildman–Crippen LogP) is 3.53. The van der Waals surface area contributed by atoms with Crippen molar-refractivity contribution in [3.63, 3.8) is 0 Å². The van der Waals surface area contributed by atoms with Crippen LogP contribution in [0.3, 0.4) is 0 Å². The number of amides is 2. The lowest BCUT2D eigenvalue weighted by Gasteiger charge is -2.20. The maximum atomic E-state index is 14.6. The molecule has 1 aliphatic rings. The van der Waals surface area contributed by atoms with Crippen molar-refractivity contribution in [1.82, 2.24) is 15.6 Å². The quantitative estimate of drug-likeness (QED) is 0.500. The third-order valence-corrected chi connectivity index (χ3v) is 4.78. The molecule has 1 saturated heterocycles. The van der Waals surface area contributed by atoms with Gasteiger partial charge in [-0.25, -0.2) is 22.9 Å². The van der Waals surface area contributed by atoms with Crippen LogP contribution in [0.1, 0.15) is 23.5 Å². The van der Waals surface area contributed by atoms with Crippen LogP contribution < -0.4 is 15.4 Å². The second-order valence-corrected chi connectivity index (χ2v) is 6.71. The predicted molar refractivity (Wildman–Crippen MR) is 94.0 cm³/mol. The number of carbonyl (C=O) groups is 2. The largest absolute Gasteiger partial charge is 0.414 e. The van der Waals surface area contributed by atoms with Gasteiger partial charge in [-0.3, -0.25) is 4.79 Å². The van der Waals surface area contributed by atoms with Crippen LogP contribution in [0, 0.1) is 17.5 Å². The fourth-order valence-electron chi connectivity index (χ4n) is 3.01. The van der Waals surface area contributed by atoms with Crippen molar-refractivity contribution < 1.29 is 36.3 Å². The van der Waals surface area contributed by atoms with Gasteiger partial charge in [-0.05, 0) is 23.3 Å². The molecule has 2 N–H and O–H groups in total. The number of urea groups is 1. The third-order valence-electron chi connectivity index (χ3n) is 4.44. The van der Waals surface area contributed by atoms with Gasteiger partial charge in [0.15, 0.2) is 11.6 Å². The van der Waals surface area contributed by atoms with Crippen LogP contribution >= 0.6 is 11.6 Å². The van der Waals surface area contributed by atoms with Gasteiger partial charge in [0.2, 0.25) is 0 Å². The van der Waals surface area contributed by atoms with Crippen molar-refractivity contribution in [2.24, 2.45) is 0 Å². The Morgan fingerprint density at radius 2 is 2.00 bits per heavy atom. The van der Waals surface area contributed by atoms with E-state index in [1.165, 1.54) is 0 Å². The highest BCUT2D eigenvalue weighted by atomic mass is 35.5. The molecule has 2 amide bonds. The summed E-state index contributed by atoms with van der Waals surface area (Å²) in [4.78, 5) is 27.3. The topological polar surface area (TPSA) is 80.3 Å². The molecule has 2 aromatic rings. The van der Waals surface area contributed by atoms with Gasteiger partial charge in [-0.15, -0.1) is 0 Å².